The number of amides is 2. The van der Waals surface area contributed by atoms with E-state index in [1.54, 1.807) is 4.90 Å². The highest BCUT2D eigenvalue weighted by atomic mass is 16.5. The lowest BCUT2D eigenvalue weighted by Crippen LogP contribution is -2.44. The van der Waals surface area contributed by atoms with E-state index in [0.29, 0.717) is 44.1 Å². The molecule has 1 fully saturated rings. The first-order chi connectivity index (χ1) is 10.5. The van der Waals surface area contributed by atoms with Gasteiger partial charge in [0.05, 0.1) is 5.92 Å². The Bertz CT molecular complexity index is 527. The molecule has 0 bridgehead atoms. The Morgan fingerprint density at radius 3 is 2.86 bits per heavy atom. The molecule has 7 nitrogen and oxygen atoms in total. The van der Waals surface area contributed by atoms with Crippen LogP contribution in [0.15, 0.2) is 4.52 Å². The van der Waals surface area contributed by atoms with E-state index in [-0.39, 0.29) is 23.7 Å². The molecule has 0 aliphatic carbocycles. The summed E-state index contributed by atoms with van der Waals surface area (Å²) >= 11 is 0. The smallest absolute Gasteiger partial charge is 0.226 e. The second-order valence-corrected chi connectivity index (χ2v) is 6.14. The lowest BCUT2D eigenvalue weighted by Gasteiger charge is -2.31. The maximum absolute atomic E-state index is 12.2. The maximum Gasteiger partial charge on any atom is 0.226 e. The summed E-state index contributed by atoms with van der Waals surface area (Å²) in [5, 5.41) is 3.90. The number of hydrogen-bond donors (Lipinski definition) is 1. The van der Waals surface area contributed by atoms with Crippen LogP contribution in [-0.2, 0) is 16.0 Å². The van der Waals surface area contributed by atoms with Gasteiger partial charge in [0.15, 0.2) is 5.82 Å². The zero-order valence-electron chi connectivity index (χ0n) is 13.2. The Morgan fingerprint density at radius 2 is 2.23 bits per heavy atom. The van der Waals surface area contributed by atoms with Gasteiger partial charge in [-0.15, -0.1) is 0 Å². The molecule has 0 aromatic carbocycles. The molecule has 1 aromatic rings. The van der Waals surface area contributed by atoms with Crippen LogP contribution in [0.2, 0.25) is 0 Å². The van der Waals surface area contributed by atoms with Crippen LogP contribution >= 0.6 is 0 Å². The van der Waals surface area contributed by atoms with Gasteiger partial charge in [-0.1, -0.05) is 19.0 Å². The second kappa shape index (κ2) is 7.38. The zero-order chi connectivity index (χ0) is 16.1. The SMILES string of the molecule is CC(C)c1noc(CCCC(=O)N2CCC[C@H](C(N)=O)C2)n1. The minimum atomic E-state index is -0.315. The molecular weight excluding hydrogens is 284 g/mol. The second-order valence-electron chi connectivity index (χ2n) is 6.14. The third-order valence-electron chi connectivity index (χ3n) is 3.96. The van der Waals surface area contributed by atoms with Crippen molar-refractivity contribution in [2.45, 2.75) is 51.9 Å². The Morgan fingerprint density at radius 1 is 1.45 bits per heavy atom. The number of hydrogen-bond acceptors (Lipinski definition) is 5. The minimum Gasteiger partial charge on any atom is -0.369 e. The summed E-state index contributed by atoms with van der Waals surface area (Å²) in [6, 6.07) is 0. The van der Waals surface area contributed by atoms with Crippen molar-refractivity contribution in [3.8, 4) is 0 Å². The number of piperidine rings is 1. The molecule has 1 atom stereocenters. The quantitative estimate of drug-likeness (QED) is 0.851. The van der Waals surface area contributed by atoms with Crippen LogP contribution in [0.4, 0.5) is 0 Å². The molecule has 2 amide bonds. The predicted molar refractivity (Wildman–Crippen MR) is 79.8 cm³/mol. The van der Waals surface area contributed by atoms with Gasteiger partial charge in [-0.05, 0) is 19.3 Å². The number of carbonyl (C=O) groups is 2. The van der Waals surface area contributed by atoms with Crippen LogP contribution in [0.5, 0.6) is 0 Å². The molecule has 2 heterocycles. The molecule has 0 spiro atoms. The summed E-state index contributed by atoms with van der Waals surface area (Å²) < 4.78 is 5.15. The molecule has 1 aliphatic rings. The summed E-state index contributed by atoms with van der Waals surface area (Å²) in [5.74, 6) is 1.05. The van der Waals surface area contributed by atoms with Gasteiger partial charge in [0.2, 0.25) is 17.7 Å². The predicted octanol–water partition coefficient (Wildman–Crippen LogP) is 1.24. The zero-order valence-corrected chi connectivity index (χ0v) is 13.2. The van der Waals surface area contributed by atoms with Crippen molar-refractivity contribution in [1.82, 2.24) is 15.0 Å². The minimum absolute atomic E-state index is 0.0644. The Balaban J connectivity index is 1.76. The molecule has 1 saturated heterocycles. The number of nitrogens with zero attached hydrogens (tertiary/aromatic N) is 3. The van der Waals surface area contributed by atoms with Crippen molar-refractivity contribution in [2.75, 3.05) is 13.1 Å². The van der Waals surface area contributed by atoms with Gasteiger partial charge in [-0.2, -0.15) is 4.98 Å². The third kappa shape index (κ3) is 4.29. The number of likely N-dealkylation sites (tertiary alicyclic amines) is 1. The number of aromatic nitrogens is 2. The lowest BCUT2D eigenvalue weighted by molar-refractivity contribution is -0.135. The van der Waals surface area contributed by atoms with Crippen LogP contribution in [-0.4, -0.2) is 39.9 Å². The third-order valence-corrected chi connectivity index (χ3v) is 3.96. The molecule has 122 valence electrons. The summed E-state index contributed by atoms with van der Waals surface area (Å²) in [6.45, 7) is 5.17. The summed E-state index contributed by atoms with van der Waals surface area (Å²) in [7, 11) is 0. The average molecular weight is 308 g/mol. The number of rotatable bonds is 6. The first-order valence-corrected chi connectivity index (χ1v) is 7.87. The van der Waals surface area contributed by atoms with Gasteiger partial charge in [0.1, 0.15) is 0 Å². The summed E-state index contributed by atoms with van der Waals surface area (Å²) in [6.07, 6.45) is 3.29. The normalized spacial score (nSPS) is 18.7. The molecule has 7 heteroatoms. The van der Waals surface area contributed by atoms with Gasteiger partial charge in [0.25, 0.3) is 0 Å². The van der Waals surface area contributed by atoms with Gasteiger partial charge < -0.3 is 15.2 Å². The molecule has 1 aromatic heterocycles. The van der Waals surface area contributed by atoms with E-state index in [1.807, 2.05) is 13.8 Å². The van der Waals surface area contributed by atoms with E-state index < -0.39 is 0 Å². The standard InChI is InChI=1S/C15H24N4O3/c1-10(2)15-17-12(22-18-15)6-3-7-13(20)19-8-4-5-11(9-19)14(16)21/h10-11H,3-9H2,1-2H3,(H2,16,21)/t11-/m0/s1. The molecule has 0 radical (unpaired) electrons. The van der Waals surface area contributed by atoms with Gasteiger partial charge in [-0.3, -0.25) is 9.59 Å². The molecule has 2 N–H and O–H groups in total. The monoisotopic (exact) mass is 308 g/mol. The van der Waals surface area contributed by atoms with E-state index in [0.717, 1.165) is 12.8 Å². The van der Waals surface area contributed by atoms with Crippen LogP contribution in [0.25, 0.3) is 0 Å². The van der Waals surface area contributed by atoms with E-state index in [1.165, 1.54) is 0 Å². The maximum atomic E-state index is 12.2. The number of aryl methyl sites for hydroxylation is 1. The lowest BCUT2D eigenvalue weighted by atomic mass is 9.97. The fourth-order valence-corrected chi connectivity index (χ4v) is 2.59. The van der Waals surface area contributed by atoms with Crippen molar-refractivity contribution in [3.63, 3.8) is 0 Å². The van der Waals surface area contributed by atoms with Crippen molar-refractivity contribution < 1.29 is 14.1 Å². The van der Waals surface area contributed by atoms with Crippen LogP contribution < -0.4 is 5.73 Å². The van der Waals surface area contributed by atoms with Crippen molar-refractivity contribution in [2.24, 2.45) is 11.7 Å². The molecule has 2 rings (SSSR count). The molecular formula is C15H24N4O3. The highest BCUT2D eigenvalue weighted by molar-refractivity contribution is 5.80. The Hall–Kier alpha value is -1.92. The molecule has 22 heavy (non-hydrogen) atoms. The number of nitrogens with two attached hydrogens (primary N) is 1. The van der Waals surface area contributed by atoms with Crippen molar-refractivity contribution in [3.05, 3.63) is 11.7 Å². The summed E-state index contributed by atoms with van der Waals surface area (Å²) in [4.78, 5) is 29.4. The van der Waals surface area contributed by atoms with Crippen LogP contribution in [0.3, 0.4) is 0 Å². The largest absolute Gasteiger partial charge is 0.369 e. The van der Waals surface area contributed by atoms with E-state index in [4.69, 9.17) is 10.3 Å². The van der Waals surface area contributed by atoms with Crippen LogP contribution in [0, 0.1) is 5.92 Å². The van der Waals surface area contributed by atoms with Crippen molar-refractivity contribution in [1.29, 1.82) is 0 Å². The Kier molecular flexibility index (Phi) is 5.51. The number of primary amides is 1. The number of carbonyl (C=O) groups excluding carboxylic acids is 2. The van der Waals surface area contributed by atoms with E-state index in [2.05, 4.69) is 10.1 Å². The molecule has 0 saturated carbocycles. The van der Waals surface area contributed by atoms with Crippen molar-refractivity contribution >= 4 is 11.8 Å². The summed E-state index contributed by atoms with van der Waals surface area (Å²) in [5.41, 5.74) is 5.33. The highest BCUT2D eigenvalue weighted by Crippen LogP contribution is 2.17. The average Bonchev–Trinajstić information content (AvgIpc) is 2.96. The van der Waals surface area contributed by atoms with Crippen LogP contribution in [0.1, 0.15) is 57.2 Å². The molecule has 1 aliphatic heterocycles. The fourth-order valence-electron chi connectivity index (χ4n) is 2.59. The molecule has 0 unspecified atom stereocenters. The van der Waals surface area contributed by atoms with Gasteiger partial charge >= 0.3 is 0 Å². The van der Waals surface area contributed by atoms with E-state index in [9.17, 15) is 9.59 Å². The first kappa shape index (κ1) is 16.5. The van der Waals surface area contributed by atoms with E-state index >= 15 is 0 Å². The highest BCUT2D eigenvalue weighted by Gasteiger charge is 2.26. The fraction of sp³-hybridized carbons (Fsp3) is 0.733. The topological polar surface area (TPSA) is 102 Å². The Labute approximate surface area is 130 Å². The van der Waals surface area contributed by atoms with Gasteiger partial charge in [-0.25, -0.2) is 0 Å². The van der Waals surface area contributed by atoms with Gasteiger partial charge in [0, 0.05) is 31.8 Å². The first-order valence-electron chi connectivity index (χ1n) is 7.87.